The number of hydrogen-bond donors (Lipinski definition) is 0. The number of carbonyl (C=O) groups is 1. The summed E-state index contributed by atoms with van der Waals surface area (Å²) in [6, 6.07) is 1.81. The molecule has 0 fully saturated rings. The van der Waals surface area contributed by atoms with Crippen molar-refractivity contribution in [3.63, 3.8) is 0 Å². The molecule has 0 radical (unpaired) electrons. The van der Waals surface area contributed by atoms with Crippen molar-refractivity contribution < 1.29 is 4.79 Å². The van der Waals surface area contributed by atoms with Gasteiger partial charge in [0.2, 0.25) is 0 Å². The largest absolute Gasteiger partial charge is 0.292 e. The topological polar surface area (TPSA) is 34.9 Å². The lowest BCUT2D eigenvalue weighted by atomic mass is 9.84. The second kappa shape index (κ2) is 4.60. The van der Waals surface area contributed by atoms with Crippen LogP contribution in [0.25, 0.3) is 0 Å². The monoisotopic (exact) mass is 208 g/mol. The van der Waals surface area contributed by atoms with Crippen molar-refractivity contribution in [3.8, 4) is 0 Å². The van der Waals surface area contributed by atoms with Crippen molar-refractivity contribution in [2.75, 3.05) is 0 Å². The molecule has 84 valence electrons. The molecule has 0 aliphatic rings. The standard InChI is InChI=1S/C12H20N2O/c1-5-9-14-10(7-8-13-14)11(15)12(3,4)6-2/h7-8H,5-6,9H2,1-4H3. The summed E-state index contributed by atoms with van der Waals surface area (Å²) in [6.45, 7) is 8.91. The van der Waals surface area contributed by atoms with E-state index in [4.69, 9.17) is 0 Å². The Balaban J connectivity index is 2.96. The summed E-state index contributed by atoms with van der Waals surface area (Å²) in [5.74, 6) is 0.191. The number of hydrogen-bond acceptors (Lipinski definition) is 2. The van der Waals surface area contributed by atoms with Crippen LogP contribution >= 0.6 is 0 Å². The third-order valence-electron chi connectivity index (χ3n) is 2.88. The van der Waals surface area contributed by atoms with Gasteiger partial charge in [0.05, 0.1) is 0 Å². The predicted molar refractivity (Wildman–Crippen MR) is 60.9 cm³/mol. The molecule has 0 amide bonds. The van der Waals surface area contributed by atoms with Gasteiger partial charge < -0.3 is 0 Å². The SMILES string of the molecule is CCCn1nccc1C(=O)C(C)(C)CC. The number of aryl methyl sites for hydroxylation is 1. The Hall–Kier alpha value is -1.12. The van der Waals surface area contributed by atoms with Gasteiger partial charge in [0.1, 0.15) is 5.69 Å². The second-order valence-corrected chi connectivity index (χ2v) is 4.51. The summed E-state index contributed by atoms with van der Waals surface area (Å²) >= 11 is 0. The lowest BCUT2D eigenvalue weighted by molar-refractivity contribution is 0.0821. The molecule has 0 aliphatic carbocycles. The molecule has 0 saturated heterocycles. The van der Waals surface area contributed by atoms with Gasteiger partial charge in [-0.3, -0.25) is 9.48 Å². The Morgan fingerprint density at radius 3 is 2.67 bits per heavy atom. The molecular formula is C12H20N2O. The van der Waals surface area contributed by atoms with E-state index in [0.717, 1.165) is 25.1 Å². The maximum atomic E-state index is 12.2. The van der Waals surface area contributed by atoms with Crippen LogP contribution in [-0.2, 0) is 6.54 Å². The number of aromatic nitrogens is 2. The third-order valence-corrected chi connectivity index (χ3v) is 2.88. The zero-order valence-corrected chi connectivity index (χ0v) is 10.1. The highest BCUT2D eigenvalue weighted by Crippen LogP contribution is 2.25. The quantitative estimate of drug-likeness (QED) is 0.697. The van der Waals surface area contributed by atoms with Gasteiger partial charge in [0.15, 0.2) is 5.78 Å². The zero-order chi connectivity index (χ0) is 11.5. The van der Waals surface area contributed by atoms with Crippen LogP contribution in [0.2, 0.25) is 0 Å². The minimum Gasteiger partial charge on any atom is -0.292 e. The number of nitrogens with zero attached hydrogens (tertiary/aromatic N) is 2. The fourth-order valence-electron chi connectivity index (χ4n) is 1.42. The van der Waals surface area contributed by atoms with Gasteiger partial charge in [-0.15, -0.1) is 0 Å². The van der Waals surface area contributed by atoms with Crippen molar-refractivity contribution in [2.45, 2.75) is 47.1 Å². The molecule has 0 N–H and O–H groups in total. The van der Waals surface area contributed by atoms with Gasteiger partial charge in [0.25, 0.3) is 0 Å². The molecule has 3 heteroatoms. The van der Waals surface area contributed by atoms with E-state index >= 15 is 0 Å². The molecule has 15 heavy (non-hydrogen) atoms. The van der Waals surface area contributed by atoms with Crippen molar-refractivity contribution >= 4 is 5.78 Å². The molecule has 1 aromatic heterocycles. The molecule has 0 atom stereocenters. The van der Waals surface area contributed by atoms with Crippen LogP contribution in [0.4, 0.5) is 0 Å². The van der Waals surface area contributed by atoms with Crippen LogP contribution in [0.1, 0.15) is 51.0 Å². The lowest BCUT2D eigenvalue weighted by Crippen LogP contribution is -2.26. The summed E-state index contributed by atoms with van der Waals surface area (Å²) in [5, 5.41) is 4.17. The Bertz CT molecular complexity index is 339. The average molecular weight is 208 g/mol. The van der Waals surface area contributed by atoms with Crippen molar-refractivity contribution in [3.05, 3.63) is 18.0 Å². The van der Waals surface area contributed by atoms with Crippen LogP contribution in [0.15, 0.2) is 12.3 Å². The second-order valence-electron chi connectivity index (χ2n) is 4.51. The minimum atomic E-state index is -0.286. The van der Waals surface area contributed by atoms with E-state index in [-0.39, 0.29) is 11.2 Å². The molecule has 1 aromatic rings. The maximum absolute atomic E-state index is 12.2. The first-order valence-corrected chi connectivity index (χ1v) is 5.59. The smallest absolute Gasteiger partial charge is 0.186 e. The summed E-state index contributed by atoms with van der Waals surface area (Å²) in [6.07, 6.45) is 3.55. The van der Waals surface area contributed by atoms with Gasteiger partial charge in [-0.2, -0.15) is 5.10 Å². The average Bonchev–Trinajstić information content (AvgIpc) is 2.65. The Morgan fingerprint density at radius 2 is 2.13 bits per heavy atom. The van der Waals surface area contributed by atoms with Crippen LogP contribution < -0.4 is 0 Å². The molecule has 1 heterocycles. The Labute approximate surface area is 91.5 Å². The summed E-state index contributed by atoms with van der Waals surface area (Å²) in [4.78, 5) is 12.2. The van der Waals surface area contributed by atoms with Gasteiger partial charge in [-0.25, -0.2) is 0 Å². The Kier molecular flexibility index (Phi) is 3.66. The van der Waals surface area contributed by atoms with E-state index in [9.17, 15) is 4.79 Å². The predicted octanol–water partition coefficient (Wildman–Crippen LogP) is 2.91. The van der Waals surface area contributed by atoms with Gasteiger partial charge >= 0.3 is 0 Å². The van der Waals surface area contributed by atoms with Crippen LogP contribution in [0.3, 0.4) is 0 Å². The highest BCUT2D eigenvalue weighted by molar-refractivity contribution is 5.98. The van der Waals surface area contributed by atoms with E-state index in [0.29, 0.717) is 0 Å². The van der Waals surface area contributed by atoms with Crippen LogP contribution in [0, 0.1) is 5.41 Å². The normalized spacial score (nSPS) is 11.7. The van der Waals surface area contributed by atoms with E-state index in [1.165, 1.54) is 0 Å². The number of carbonyl (C=O) groups excluding carboxylic acids is 1. The van der Waals surface area contributed by atoms with E-state index in [1.807, 2.05) is 26.8 Å². The van der Waals surface area contributed by atoms with Crippen molar-refractivity contribution in [1.29, 1.82) is 0 Å². The number of ketones is 1. The summed E-state index contributed by atoms with van der Waals surface area (Å²) < 4.78 is 1.81. The first kappa shape index (κ1) is 12.0. The third kappa shape index (κ3) is 2.46. The van der Waals surface area contributed by atoms with Gasteiger partial charge in [0, 0.05) is 18.2 Å². The number of Topliss-reactive ketones (excluding diaryl/α,β-unsaturated/α-hetero) is 1. The molecular weight excluding hydrogens is 188 g/mol. The molecule has 1 rings (SSSR count). The molecule has 0 spiro atoms. The van der Waals surface area contributed by atoms with Crippen LogP contribution in [-0.4, -0.2) is 15.6 Å². The molecule has 3 nitrogen and oxygen atoms in total. The van der Waals surface area contributed by atoms with E-state index in [1.54, 1.807) is 10.9 Å². The molecule has 0 aliphatic heterocycles. The van der Waals surface area contributed by atoms with Crippen LogP contribution in [0.5, 0.6) is 0 Å². The first-order valence-electron chi connectivity index (χ1n) is 5.59. The molecule has 0 unspecified atom stereocenters. The Morgan fingerprint density at radius 1 is 1.47 bits per heavy atom. The first-order chi connectivity index (χ1) is 7.03. The minimum absolute atomic E-state index is 0.191. The molecule has 0 bridgehead atoms. The van der Waals surface area contributed by atoms with E-state index < -0.39 is 0 Å². The van der Waals surface area contributed by atoms with Gasteiger partial charge in [-0.1, -0.05) is 27.7 Å². The fraction of sp³-hybridized carbons (Fsp3) is 0.667. The van der Waals surface area contributed by atoms with E-state index in [2.05, 4.69) is 12.0 Å². The summed E-state index contributed by atoms with van der Waals surface area (Å²) in [5.41, 5.74) is 0.453. The van der Waals surface area contributed by atoms with Crippen molar-refractivity contribution in [1.82, 2.24) is 9.78 Å². The highest BCUT2D eigenvalue weighted by atomic mass is 16.1. The molecule has 0 saturated carbocycles. The maximum Gasteiger partial charge on any atom is 0.186 e. The van der Waals surface area contributed by atoms with Gasteiger partial charge in [-0.05, 0) is 18.9 Å². The van der Waals surface area contributed by atoms with Crippen molar-refractivity contribution in [2.24, 2.45) is 5.41 Å². The zero-order valence-electron chi connectivity index (χ0n) is 10.1. The number of rotatable bonds is 5. The molecule has 0 aromatic carbocycles. The summed E-state index contributed by atoms with van der Waals surface area (Å²) in [7, 11) is 0. The lowest BCUT2D eigenvalue weighted by Gasteiger charge is -2.21. The highest BCUT2D eigenvalue weighted by Gasteiger charge is 2.28. The fourth-order valence-corrected chi connectivity index (χ4v) is 1.42.